The predicted octanol–water partition coefficient (Wildman–Crippen LogP) is 3.60. The molecule has 0 bridgehead atoms. The predicted molar refractivity (Wildman–Crippen MR) is 96.5 cm³/mol. The summed E-state index contributed by atoms with van der Waals surface area (Å²) in [6.07, 6.45) is 4.93. The highest BCUT2D eigenvalue weighted by Crippen LogP contribution is 2.30. The van der Waals surface area contributed by atoms with E-state index in [1.807, 2.05) is 29.1 Å². The van der Waals surface area contributed by atoms with Gasteiger partial charge in [0.2, 0.25) is 0 Å². The van der Waals surface area contributed by atoms with Gasteiger partial charge in [0.15, 0.2) is 0 Å². The summed E-state index contributed by atoms with van der Waals surface area (Å²) in [4.78, 5) is 4.57. The van der Waals surface area contributed by atoms with Crippen LogP contribution in [0.2, 0.25) is 0 Å². The molecule has 0 aliphatic carbocycles. The summed E-state index contributed by atoms with van der Waals surface area (Å²) in [5.41, 5.74) is 9.83. The Balaban J connectivity index is 1.87. The molecule has 0 radical (unpaired) electrons. The second-order valence-corrected chi connectivity index (χ2v) is 6.32. The molecule has 3 aromatic heterocycles. The van der Waals surface area contributed by atoms with Gasteiger partial charge in [0, 0.05) is 29.9 Å². The van der Waals surface area contributed by atoms with Gasteiger partial charge in [0.25, 0.3) is 0 Å². The average Bonchev–Trinajstić information content (AvgIpc) is 3.24. The number of rotatable bonds is 4. The molecule has 122 valence electrons. The van der Waals surface area contributed by atoms with Crippen LogP contribution in [0.5, 0.6) is 0 Å². The number of nitrogens with two attached hydrogens (primary N) is 1. The Morgan fingerprint density at radius 1 is 1.25 bits per heavy atom. The van der Waals surface area contributed by atoms with Crippen molar-refractivity contribution in [2.24, 2.45) is 5.92 Å². The van der Waals surface area contributed by atoms with Crippen molar-refractivity contribution < 1.29 is 0 Å². The number of benzene rings is 1. The van der Waals surface area contributed by atoms with Crippen LogP contribution in [0.4, 0.5) is 5.82 Å². The van der Waals surface area contributed by atoms with Gasteiger partial charge in [-0.3, -0.25) is 9.78 Å². The van der Waals surface area contributed by atoms with Gasteiger partial charge in [-0.1, -0.05) is 26.3 Å². The summed E-state index contributed by atoms with van der Waals surface area (Å²) < 4.78 is 1.98. The van der Waals surface area contributed by atoms with Crippen molar-refractivity contribution in [3.63, 3.8) is 0 Å². The van der Waals surface area contributed by atoms with Gasteiger partial charge in [-0.25, -0.2) is 4.98 Å². The van der Waals surface area contributed by atoms with Gasteiger partial charge >= 0.3 is 0 Å². The van der Waals surface area contributed by atoms with Crippen molar-refractivity contribution in [1.82, 2.24) is 25.0 Å². The third-order valence-electron chi connectivity index (χ3n) is 4.52. The first-order chi connectivity index (χ1) is 11.7. The van der Waals surface area contributed by atoms with E-state index in [0.717, 1.165) is 46.0 Å². The summed E-state index contributed by atoms with van der Waals surface area (Å²) in [5, 5.41) is 13.7. The van der Waals surface area contributed by atoms with Crippen LogP contribution in [-0.4, -0.2) is 25.0 Å². The molecule has 0 aliphatic rings. The summed E-state index contributed by atoms with van der Waals surface area (Å²) in [7, 11) is 0. The SMILES string of the molecule is CCC(C)Cn1cc2c(N)nc3cc(-c4cc[nH]n4)ccc3c2n1. The molecule has 1 aromatic carbocycles. The van der Waals surface area contributed by atoms with Gasteiger partial charge in [-0.2, -0.15) is 10.2 Å². The summed E-state index contributed by atoms with van der Waals surface area (Å²) in [6, 6.07) is 8.04. The van der Waals surface area contributed by atoms with E-state index in [-0.39, 0.29) is 0 Å². The Morgan fingerprint density at radius 3 is 2.88 bits per heavy atom. The Morgan fingerprint density at radius 2 is 2.12 bits per heavy atom. The molecule has 1 unspecified atom stereocenters. The molecular formula is C18H20N6. The molecule has 0 saturated heterocycles. The third kappa shape index (κ3) is 2.40. The lowest BCUT2D eigenvalue weighted by Crippen LogP contribution is -2.06. The highest BCUT2D eigenvalue weighted by molar-refractivity contribution is 6.08. The van der Waals surface area contributed by atoms with E-state index in [1.165, 1.54) is 0 Å². The highest BCUT2D eigenvalue weighted by Gasteiger charge is 2.13. The van der Waals surface area contributed by atoms with Crippen molar-refractivity contribution in [2.45, 2.75) is 26.8 Å². The van der Waals surface area contributed by atoms with Crippen LogP contribution in [0.3, 0.4) is 0 Å². The van der Waals surface area contributed by atoms with Crippen molar-refractivity contribution in [3.05, 3.63) is 36.7 Å². The van der Waals surface area contributed by atoms with E-state index in [2.05, 4.69) is 35.1 Å². The van der Waals surface area contributed by atoms with E-state index >= 15 is 0 Å². The maximum atomic E-state index is 6.18. The minimum absolute atomic E-state index is 0.520. The zero-order chi connectivity index (χ0) is 16.7. The first-order valence-electron chi connectivity index (χ1n) is 8.22. The first kappa shape index (κ1) is 14.7. The van der Waals surface area contributed by atoms with E-state index in [4.69, 9.17) is 10.8 Å². The van der Waals surface area contributed by atoms with E-state index in [1.54, 1.807) is 6.20 Å². The maximum absolute atomic E-state index is 6.18. The van der Waals surface area contributed by atoms with Gasteiger partial charge in [0.05, 0.1) is 16.6 Å². The maximum Gasteiger partial charge on any atom is 0.135 e. The lowest BCUT2D eigenvalue weighted by molar-refractivity contribution is 0.441. The molecule has 0 aliphatic heterocycles. The van der Waals surface area contributed by atoms with Gasteiger partial charge < -0.3 is 5.73 Å². The number of nitrogen functional groups attached to an aromatic ring is 1. The summed E-state index contributed by atoms with van der Waals surface area (Å²) in [6.45, 7) is 5.30. The van der Waals surface area contributed by atoms with Gasteiger partial charge in [0.1, 0.15) is 11.3 Å². The van der Waals surface area contributed by atoms with Crippen LogP contribution in [-0.2, 0) is 6.54 Å². The molecule has 0 spiro atoms. The lowest BCUT2D eigenvalue weighted by Gasteiger charge is -2.07. The lowest BCUT2D eigenvalue weighted by atomic mass is 10.1. The Bertz CT molecular complexity index is 999. The number of aromatic nitrogens is 5. The van der Waals surface area contributed by atoms with E-state index in [0.29, 0.717) is 11.7 Å². The fraction of sp³-hybridized carbons (Fsp3) is 0.278. The standard InChI is InChI=1S/C18H20N6/c1-3-11(2)9-24-10-14-17(23-24)13-5-4-12(15-6-7-20-22-15)8-16(13)21-18(14)19/h4-8,10-11H,3,9H2,1-2H3,(H2,19,21)(H,20,22). The molecule has 24 heavy (non-hydrogen) atoms. The fourth-order valence-electron chi connectivity index (χ4n) is 2.94. The minimum atomic E-state index is 0.520. The molecule has 6 heteroatoms. The quantitative estimate of drug-likeness (QED) is 0.601. The second-order valence-electron chi connectivity index (χ2n) is 6.32. The molecule has 6 nitrogen and oxygen atoms in total. The largest absolute Gasteiger partial charge is 0.383 e. The normalized spacial score (nSPS) is 12.9. The van der Waals surface area contributed by atoms with Crippen LogP contribution in [0.25, 0.3) is 33.1 Å². The number of H-pyrrole nitrogens is 1. The second kappa shape index (κ2) is 5.63. The number of nitrogens with zero attached hydrogens (tertiary/aromatic N) is 4. The summed E-state index contributed by atoms with van der Waals surface area (Å²) >= 11 is 0. The molecule has 4 rings (SSSR count). The van der Waals surface area contributed by atoms with Crippen molar-refractivity contribution in [3.8, 4) is 11.3 Å². The summed E-state index contributed by atoms with van der Waals surface area (Å²) in [5.74, 6) is 1.10. The molecule has 4 aromatic rings. The number of aromatic amines is 1. The molecule has 3 N–H and O–H groups in total. The topological polar surface area (TPSA) is 85.4 Å². The number of hydrogen-bond donors (Lipinski definition) is 2. The van der Waals surface area contributed by atoms with Crippen LogP contribution >= 0.6 is 0 Å². The van der Waals surface area contributed by atoms with Crippen LogP contribution in [0.1, 0.15) is 20.3 Å². The fourth-order valence-corrected chi connectivity index (χ4v) is 2.94. The minimum Gasteiger partial charge on any atom is -0.383 e. The zero-order valence-corrected chi connectivity index (χ0v) is 13.8. The Hall–Kier alpha value is -2.89. The third-order valence-corrected chi connectivity index (χ3v) is 4.52. The average molecular weight is 320 g/mol. The van der Waals surface area contributed by atoms with Crippen LogP contribution in [0, 0.1) is 5.92 Å². The first-order valence-corrected chi connectivity index (χ1v) is 8.22. The number of fused-ring (bicyclic) bond motifs is 3. The molecule has 3 heterocycles. The Labute approximate surface area is 139 Å². The van der Waals surface area contributed by atoms with Crippen LogP contribution < -0.4 is 5.73 Å². The smallest absolute Gasteiger partial charge is 0.135 e. The van der Waals surface area contributed by atoms with Crippen molar-refractivity contribution in [1.29, 1.82) is 0 Å². The van der Waals surface area contributed by atoms with Crippen LogP contribution in [0.15, 0.2) is 36.7 Å². The van der Waals surface area contributed by atoms with E-state index in [9.17, 15) is 0 Å². The van der Waals surface area contributed by atoms with Crippen molar-refractivity contribution in [2.75, 3.05) is 5.73 Å². The molecule has 0 amide bonds. The monoisotopic (exact) mass is 320 g/mol. The number of nitrogens with one attached hydrogen (secondary N) is 1. The van der Waals surface area contributed by atoms with Crippen molar-refractivity contribution >= 4 is 27.6 Å². The van der Waals surface area contributed by atoms with E-state index < -0.39 is 0 Å². The molecular weight excluding hydrogens is 300 g/mol. The molecule has 0 fully saturated rings. The number of hydrogen-bond acceptors (Lipinski definition) is 4. The Kier molecular flexibility index (Phi) is 3.45. The van der Waals surface area contributed by atoms with Gasteiger partial charge in [-0.15, -0.1) is 0 Å². The number of anilines is 1. The van der Waals surface area contributed by atoms with Gasteiger partial charge in [-0.05, 0) is 24.1 Å². The zero-order valence-electron chi connectivity index (χ0n) is 13.8. The molecule has 0 saturated carbocycles. The highest BCUT2D eigenvalue weighted by atomic mass is 15.3. The number of pyridine rings is 1. The molecule has 1 atom stereocenters.